The van der Waals surface area contributed by atoms with E-state index in [9.17, 15) is 4.79 Å². The highest BCUT2D eigenvalue weighted by Gasteiger charge is 2.11. The Hall–Kier alpha value is -1.55. The number of rotatable bonds is 5. The minimum absolute atomic E-state index is 0.212. The van der Waals surface area contributed by atoms with Crippen LogP contribution >= 0.6 is 0 Å². The molecule has 1 atom stereocenters. The summed E-state index contributed by atoms with van der Waals surface area (Å²) in [5.74, 6) is -0.968. The molecule has 4 heteroatoms. The van der Waals surface area contributed by atoms with Crippen LogP contribution in [-0.4, -0.2) is 27.4 Å². The van der Waals surface area contributed by atoms with E-state index in [1.807, 2.05) is 0 Å². The number of aliphatic carboxylic acids is 1. The number of carboxylic acid groups (broad SMARTS) is 1. The third-order valence-corrected chi connectivity index (χ3v) is 2.16. The van der Waals surface area contributed by atoms with Gasteiger partial charge in [0, 0.05) is 0 Å². The van der Waals surface area contributed by atoms with Gasteiger partial charge in [-0.25, -0.2) is 4.79 Å². The minimum atomic E-state index is -1.28. The Balaban J connectivity index is 2.32. The lowest BCUT2D eigenvalue weighted by Gasteiger charge is -2.05. The molecule has 0 bridgehead atoms. The van der Waals surface area contributed by atoms with E-state index in [4.69, 9.17) is 15.3 Å². The van der Waals surface area contributed by atoms with Crippen molar-refractivity contribution in [2.24, 2.45) is 0 Å². The number of hydrogen-bond donors (Lipinski definition) is 3. The zero-order chi connectivity index (χ0) is 11.3. The highest BCUT2D eigenvalue weighted by atomic mass is 16.4. The molecule has 0 amide bonds. The largest absolute Gasteiger partial charge is 0.508 e. The van der Waals surface area contributed by atoms with E-state index in [2.05, 4.69) is 0 Å². The molecule has 82 valence electrons. The second-order valence-corrected chi connectivity index (χ2v) is 3.41. The first kappa shape index (κ1) is 11.5. The maximum Gasteiger partial charge on any atom is 0.332 e. The molecule has 0 aliphatic heterocycles. The lowest BCUT2D eigenvalue weighted by atomic mass is 10.1. The molecule has 0 fully saturated rings. The van der Waals surface area contributed by atoms with Crippen molar-refractivity contribution in [3.05, 3.63) is 29.8 Å². The van der Waals surface area contributed by atoms with Gasteiger partial charge in [-0.3, -0.25) is 0 Å². The Bertz CT molecular complexity index is 318. The number of carbonyl (C=O) groups is 1. The number of aliphatic hydroxyl groups excluding tert-OH is 1. The molecule has 0 heterocycles. The van der Waals surface area contributed by atoms with Crippen LogP contribution in [0.1, 0.15) is 18.4 Å². The van der Waals surface area contributed by atoms with Crippen molar-refractivity contribution in [1.29, 1.82) is 0 Å². The SMILES string of the molecule is O=C(O)C(O)CCCc1ccc(O)cc1. The van der Waals surface area contributed by atoms with Crippen molar-refractivity contribution >= 4 is 5.97 Å². The van der Waals surface area contributed by atoms with Crippen molar-refractivity contribution in [1.82, 2.24) is 0 Å². The van der Waals surface area contributed by atoms with E-state index in [-0.39, 0.29) is 12.2 Å². The zero-order valence-electron chi connectivity index (χ0n) is 8.26. The Morgan fingerprint density at radius 2 is 1.87 bits per heavy atom. The molecule has 0 radical (unpaired) electrons. The molecular formula is C11H14O4. The van der Waals surface area contributed by atoms with E-state index in [1.54, 1.807) is 24.3 Å². The van der Waals surface area contributed by atoms with Crippen LogP contribution in [0.15, 0.2) is 24.3 Å². The third-order valence-electron chi connectivity index (χ3n) is 2.16. The summed E-state index contributed by atoms with van der Waals surface area (Å²) in [6.45, 7) is 0. The maximum absolute atomic E-state index is 10.3. The van der Waals surface area contributed by atoms with Gasteiger partial charge < -0.3 is 15.3 Å². The molecule has 1 unspecified atom stereocenters. The first-order chi connectivity index (χ1) is 7.09. The van der Waals surface area contributed by atoms with Crippen molar-refractivity contribution in [2.45, 2.75) is 25.4 Å². The van der Waals surface area contributed by atoms with E-state index in [1.165, 1.54) is 0 Å². The topological polar surface area (TPSA) is 77.8 Å². The number of phenols is 1. The van der Waals surface area contributed by atoms with E-state index in [0.717, 1.165) is 5.56 Å². The lowest BCUT2D eigenvalue weighted by Crippen LogP contribution is -2.19. The number of aryl methyl sites for hydroxylation is 1. The van der Waals surface area contributed by atoms with Crippen molar-refractivity contribution < 1.29 is 20.1 Å². The van der Waals surface area contributed by atoms with Gasteiger partial charge in [-0.15, -0.1) is 0 Å². The molecule has 0 saturated carbocycles. The molecule has 0 aliphatic carbocycles. The summed E-state index contributed by atoms with van der Waals surface area (Å²) in [6, 6.07) is 6.73. The van der Waals surface area contributed by atoms with Crippen LogP contribution in [0.25, 0.3) is 0 Å². The highest BCUT2D eigenvalue weighted by molar-refractivity contribution is 5.71. The Morgan fingerprint density at radius 3 is 2.40 bits per heavy atom. The van der Waals surface area contributed by atoms with Crippen LogP contribution in [-0.2, 0) is 11.2 Å². The summed E-state index contributed by atoms with van der Waals surface area (Å²) >= 11 is 0. The van der Waals surface area contributed by atoms with Crippen LogP contribution in [0.2, 0.25) is 0 Å². The van der Waals surface area contributed by atoms with Gasteiger partial charge in [-0.2, -0.15) is 0 Å². The van der Waals surface area contributed by atoms with Crippen LogP contribution in [0.5, 0.6) is 5.75 Å². The summed E-state index contributed by atoms with van der Waals surface area (Å²) in [6.07, 6.45) is 0.279. The second-order valence-electron chi connectivity index (χ2n) is 3.41. The van der Waals surface area contributed by atoms with Crippen molar-refractivity contribution in [2.75, 3.05) is 0 Å². The summed E-state index contributed by atoms with van der Waals surface area (Å²) in [7, 11) is 0. The first-order valence-electron chi connectivity index (χ1n) is 4.78. The van der Waals surface area contributed by atoms with E-state index < -0.39 is 12.1 Å². The highest BCUT2D eigenvalue weighted by Crippen LogP contribution is 2.12. The fourth-order valence-corrected chi connectivity index (χ4v) is 1.29. The fourth-order valence-electron chi connectivity index (χ4n) is 1.29. The predicted molar refractivity (Wildman–Crippen MR) is 54.7 cm³/mol. The van der Waals surface area contributed by atoms with Gasteiger partial charge in [0.1, 0.15) is 5.75 Å². The first-order valence-corrected chi connectivity index (χ1v) is 4.78. The summed E-state index contributed by atoms with van der Waals surface area (Å²) in [5, 5.41) is 26.5. The standard InChI is InChI=1S/C11H14O4/c12-9-6-4-8(5-7-9)2-1-3-10(13)11(14)15/h4-7,10,12-13H,1-3H2,(H,14,15). The molecule has 0 saturated heterocycles. The van der Waals surface area contributed by atoms with Gasteiger partial charge in [0.05, 0.1) is 0 Å². The number of carboxylic acids is 1. The normalized spacial score (nSPS) is 12.3. The van der Waals surface area contributed by atoms with E-state index >= 15 is 0 Å². The van der Waals surface area contributed by atoms with Gasteiger partial charge in [0.25, 0.3) is 0 Å². The van der Waals surface area contributed by atoms with Gasteiger partial charge in [-0.05, 0) is 37.0 Å². The van der Waals surface area contributed by atoms with Crippen LogP contribution in [0, 0.1) is 0 Å². The van der Waals surface area contributed by atoms with Gasteiger partial charge in [-0.1, -0.05) is 12.1 Å². The number of phenolic OH excluding ortho intramolecular Hbond substituents is 1. The molecule has 15 heavy (non-hydrogen) atoms. The Morgan fingerprint density at radius 1 is 1.27 bits per heavy atom. The number of benzene rings is 1. The third kappa shape index (κ3) is 3.99. The quantitative estimate of drug-likeness (QED) is 0.681. The fraction of sp³-hybridized carbons (Fsp3) is 0.364. The molecule has 4 nitrogen and oxygen atoms in total. The Labute approximate surface area is 87.8 Å². The molecule has 0 aromatic heterocycles. The zero-order valence-corrected chi connectivity index (χ0v) is 8.26. The van der Waals surface area contributed by atoms with Crippen molar-refractivity contribution in [3.8, 4) is 5.75 Å². The molecule has 1 rings (SSSR count). The van der Waals surface area contributed by atoms with Crippen molar-refractivity contribution in [3.63, 3.8) is 0 Å². The second kappa shape index (κ2) is 5.36. The molecule has 0 spiro atoms. The molecular weight excluding hydrogens is 196 g/mol. The lowest BCUT2D eigenvalue weighted by molar-refractivity contribution is -0.146. The monoisotopic (exact) mass is 210 g/mol. The van der Waals surface area contributed by atoms with Crippen LogP contribution in [0.4, 0.5) is 0 Å². The smallest absolute Gasteiger partial charge is 0.332 e. The summed E-state index contributed by atoms with van der Waals surface area (Å²) in [4.78, 5) is 10.3. The number of hydrogen-bond acceptors (Lipinski definition) is 3. The van der Waals surface area contributed by atoms with Gasteiger partial charge >= 0.3 is 5.97 Å². The summed E-state index contributed by atoms with van der Waals surface area (Å²) in [5.41, 5.74) is 1.02. The molecule has 3 N–H and O–H groups in total. The molecule has 1 aromatic rings. The predicted octanol–water partition coefficient (Wildman–Crippen LogP) is 1.16. The Kier molecular flexibility index (Phi) is 4.12. The van der Waals surface area contributed by atoms with Crippen LogP contribution < -0.4 is 0 Å². The maximum atomic E-state index is 10.3. The van der Waals surface area contributed by atoms with Gasteiger partial charge in [0.2, 0.25) is 0 Å². The average Bonchev–Trinajstić information content (AvgIpc) is 2.20. The van der Waals surface area contributed by atoms with Crippen LogP contribution in [0.3, 0.4) is 0 Å². The van der Waals surface area contributed by atoms with Gasteiger partial charge in [0.15, 0.2) is 6.10 Å². The number of aromatic hydroxyl groups is 1. The number of aliphatic hydroxyl groups is 1. The minimum Gasteiger partial charge on any atom is -0.508 e. The van der Waals surface area contributed by atoms with E-state index in [0.29, 0.717) is 12.8 Å². The molecule has 1 aromatic carbocycles. The molecule has 0 aliphatic rings. The average molecular weight is 210 g/mol. The summed E-state index contributed by atoms with van der Waals surface area (Å²) < 4.78 is 0.